The Labute approximate surface area is 127 Å². The number of pyridine rings is 1. The van der Waals surface area contributed by atoms with Crippen LogP contribution in [0.3, 0.4) is 0 Å². The van der Waals surface area contributed by atoms with Crippen LogP contribution in [0.1, 0.15) is 30.0 Å². The summed E-state index contributed by atoms with van der Waals surface area (Å²) in [6, 6.07) is 8.82. The summed E-state index contributed by atoms with van der Waals surface area (Å²) in [5.74, 6) is -0.153. The van der Waals surface area contributed by atoms with Crippen LogP contribution in [-0.4, -0.2) is 21.1 Å². The van der Waals surface area contributed by atoms with Crippen LogP contribution in [-0.2, 0) is 5.41 Å². The van der Waals surface area contributed by atoms with Gasteiger partial charge in [-0.25, -0.2) is 4.98 Å². The predicted octanol–water partition coefficient (Wildman–Crippen LogP) is 1.10. The molecule has 1 amide bonds. The molecule has 0 aliphatic carbocycles. The van der Waals surface area contributed by atoms with Crippen LogP contribution in [0.4, 0.5) is 17.3 Å². The van der Waals surface area contributed by atoms with Crippen molar-refractivity contribution in [3.63, 3.8) is 0 Å². The van der Waals surface area contributed by atoms with Crippen LogP contribution in [0.25, 0.3) is 0 Å². The largest absolute Gasteiger partial charge is 0.382 e. The standard InChI is InChI=1S/C14H15N7O/c1-14(2,7-15)9-4-3-5-11(19-9)18-8-6-10(16)20-21-12(8)13(17)22/h3-6H,1-2H3,(H2,17,22)(H3,16,18,19,20). The first-order valence-corrected chi connectivity index (χ1v) is 6.42. The van der Waals surface area contributed by atoms with Crippen molar-refractivity contribution in [3.8, 4) is 6.07 Å². The van der Waals surface area contributed by atoms with E-state index < -0.39 is 11.3 Å². The molecule has 0 aliphatic heterocycles. The number of nitrogen functional groups attached to an aromatic ring is 1. The van der Waals surface area contributed by atoms with E-state index in [-0.39, 0.29) is 11.5 Å². The SMILES string of the molecule is CC(C)(C#N)c1cccc(Nc2cc(N)nnc2C(N)=O)n1. The Balaban J connectivity index is 2.41. The van der Waals surface area contributed by atoms with Gasteiger partial charge in [0.15, 0.2) is 5.69 Å². The van der Waals surface area contributed by atoms with Crippen LogP contribution in [0.5, 0.6) is 0 Å². The number of nitriles is 1. The Bertz CT molecular complexity index is 764. The van der Waals surface area contributed by atoms with Gasteiger partial charge in [0.05, 0.1) is 22.9 Å². The first-order chi connectivity index (χ1) is 10.3. The lowest BCUT2D eigenvalue weighted by atomic mass is 9.91. The normalized spacial score (nSPS) is 10.8. The lowest BCUT2D eigenvalue weighted by molar-refractivity contribution is 0.0995. The van der Waals surface area contributed by atoms with Gasteiger partial charge in [0, 0.05) is 6.07 Å². The first kappa shape index (κ1) is 15.2. The maximum absolute atomic E-state index is 11.4. The molecule has 8 heteroatoms. The number of hydrogen-bond donors (Lipinski definition) is 3. The molecule has 0 aromatic carbocycles. The highest BCUT2D eigenvalue weighted by Gasteiger charge is 2.22. The van der Waals surface area contributed by atoms with Crippen LogP contribution in [0, 0.1) is 11.3 Å². The zero-order valence-electron chi connectivity index (χ0n) is 12.2. The average Bonchev–Trinajstić information content (AvgIpc) is 2.47. The number of carbonyl (C=O) groups excluding carboxylic acids is 1. The molecular weight excluding hydrogens is 282 g/mol. The third-order valence-electron chi connectivity index (χ3n) is 2.98. The highest BCUT2D eigenvalue weighted by Crippen LogP contribution is 2.24. The molecule has 0 spiro atoms. The quantitative estimate of drug-likeness (QED) is 0.766. The van der Waals surface area contributed by atoms with Crippen molar-refractivity contribution in [2.45, 2.75) is 19.3 Å². The number of carbonyl (C=O) groups is 1. The van der Waals surface area contributed by atoms with Gasteiger partial charge in [-0.3, -0.25) is 4.79 Å². The van der Waals surface area contributed by atoms with Crippen molar-refractivity contribution >= 4 is 23.2 Å². The molecule has 0 radical (unpaired) electrons. The molecule has 8 nitrogen and oxygen atoms in total. The molecule has 2 rings (SSSR count). The van der Waals surface area contributed by atoms with Crippen molar-refractivity contribution in [2.75, 3.05) is 11.1 Å². The summed E-state index contributed by atoms with van der Waals surface area (Å²) in [6.07, 6.45) is 0. The predicted molar refractivity (Wildman–Crippen MR) is 81.1 cm³/mol. The van der Waals surface area contributed by atoms with Crippen molar-refractivity contribution in [2.24, 2.45) is 5.73 Å². The fraction of sp³-hybridized carbons (Fsp3) is 0.214. The first-order valence-electron chi connectivity index (χ1n) is 6.42. The summed E-state index contributed by atoms with van der Waals surface area (Å²) in [7, 11) is 0. The van der Waals surface area contributed by atoms with Crippen molar-refractivity contribution in [3.05, 3.63) is 35.7 Å². The summed E-state index contributed by atoms with van der Waals surface area (Å²) in [5, 5.41) is 19.4. The average molecular weight is 297 g/mol. The van der Waals surface area contributed by atoms with E-state index >= 15 is 0 Å². The summed E-state index contributed by atoms with van der Waals surface area (Å²) in [4.78, 5) is 15.7. The van der Waals surface area contributed by atoms with Gasteiger partial charge in [0.1, 0.15) is 11.6 Å². The molecule has 0 unspecified atom stereocenters. The Morgan fingerprint density at radius 1 is 1.36 bits per heavy atom. The number of nitrogens with two attached hydrogens (primary N) is 2. The van der Waals surface area contributed by atoms with Crippen LogP contribution in [0.15, 0.2) is 24.3 Å². The van der Waals surface area contributed by atoms with E-state index in [0.717, 1.165) is 0 Å². The Morgan fingerprint density at radius 3 is 2.73 bits per heavy atom. The van der Waals surface area contributed by atoms with Gasteiger partial charge in [0.2, 0.25) is 0 Å². The minimum absolute atomic E-state index is 0.0408. The molecule has 0 aliphatic rings. The molecule has 112 valence electrons. The van der Waals surface area contributed by atoms with E-state index in [9.17, 15) is 10.1 Å². The maximum Gasteiger partial charge on any atom is 0.271 e. The molecule has 0 saturated heterocycles. The Hall–Kier alpha value is -3.21. The van der Waals surface area contributed by atoms with Gasteiger partial charge in [-0.15, -0.1) is 10.2 Å². The highest BCUT2D eigenvalue weighted by molar-refractivity contribution is 5.97. The van der Waals surface area contributed by atoms with Gasteiger partial charge in [-0.1, -0.05) is 6.07 Å². The van der Waals surface area contributed by atoms with E-state index in [1.54, 1.807) is 32.0 Å². The number of hydrogen-bond acceptors (Lipinski definition) is 7. The molecule has 2 aromatic heterocycles. The third kappa shape index (κ3) is 3.09. The summed E-state index contributed by atoms with van der Waals surface area (Å²) in [6.45, 7) is 3.53. The van der Waals surface area contributed by atoms with Crippen molar-refractivity contribution < 1.29 is 4.79 Å². The third-order valence-corrected chi connectivity index (χ3v) is 2.98. The zero-order chi connectivity index (χ0) is 16.3. The van der Waals surface area contributed by atoms with E-state index in [2.05, 4.69) is 26.6 Å². The molecule has 0 atom stereocenters. The minimum atomic E-state index is -0.736. The van der Waals surface area contributed by atoms with Gasteiger partial charge in [0.25, 0.3) is 5.91 Å². The van der Waals surface area contributed by atoms with Gasteiger partial charge in [-0.2, -0.15) is 5.26 Å². The monoisotopic (exact) mass is 297 g/mol. The molecule has 2 aromatic rings. The van der Waals surface area contributed by atoms with Gasteiger partial charge in [-0.05, 0) is 26.0 Å². The van der Waals surface area contributed by atoms with Crippen LogP contribution >= 0.6 is 0 Å². The molecule has 5 N–H and O–H groups in total. The molecule has 0 saturated carbocycles. The fourth-order valence-electron chi connectivity index (χ4n) is 1.73. The molecule has 0 fully saturated rings. The highest BCUT2D eigenvalue weighted by atomic mass is 16.1. The number of amides is 1. The smallest absolute Gasteiger partial charge is 0.271 e. The van der Waals surface area contributed by atoms with Gasteiger partial charge < -0.3 is 16.8 Å². The van der Waals surface area contributed by atoms with E-state index in [1.165, 1.54) is 6.07 Å². The van der Waals surface area contributed by atoms with Crippen molar-refractivity contribution in [1.29, 1.82) is 5.26 Å². The summed E-state index contributed by atoms with van der Waals surface area (Å²) >= 11 is 0. The van der Waals surface area contributed by atoms with Crippen LogP contribution in [0.2, 0.25) is 0 Å². The summed E-state index contributed by atoms with van der Waals surface area (Å²) in [5.41, 5.74) is 10.9. The molecule has 0 bridgehead atoms. The van der Waals surface area contributed by atoms with Gasteiger partial charge >= 0.3 is 0 Å². The number of anilines is 3. The lowest BCUT2D eigenvalue weighted by Crippen LogP contribution is -2.18. The summed E-state index contributed by atoms with van der Waals surface area (Å²) < 4.78 is 0. The Kier molecular flexibility index (Phi) is 3.90. The lowest BCUT2D eigenvalue weighted by Gasteiger charge is -2.16. The van der Waals surface area contributed by atoms with E-state index in [4.69, 9.17) is 11.5 Å². The van der Waals surface area contributed by atoms with E-state index in [1.807, 2.05) is 0 Å². The number of rotatable bonds is 4. The minimum Gasteiger partial charge on any atom is -0.382 e. The van der Waals surface area contributed by atoms with E-state index in [0.29, 0.717) is 17.2 Å². The molecule has 22 heavy (non-hydrogen) atoms. The zero-order valence-corrected chi connectivity index (χ0v) is 12.2. The number of aromatic nitrogens is 3. The fourth-order valence-corrected chi connectivity index (χ4v) is 1.73. The Morgan fingerprint density at radius 2 is 2.09 bits per heavy atom. The second-order valence-electron chi connectivity index (χ2n) is 5.17. The topological polar surface area (TPSA) is 144 Å². The molecular formula is C14H15N7O. The molecule has 2 heterocycles. The maximum atomic E-state index is 11.4. The second-order valence-corrected chi connectivity index (χ2v) is 5.17. The second kappa shape index (κ2) is 5.65. The van der Waals surface area contributed by atoms with Crippen molar-refractivity contribution in [1.82, 2.24) is 15.2 Å². The van der Waals surface area contributed by atoms with Crippen LogP contribution < -0.4 is 16.8 Å². The number of primary amides is 1. The number of nitrogens with one attached hydrogen (secondary N) is 1. The number of nitrogens with zero attached hydrogens (tertiary/aromatic N) is 4.